The van der Waals surface area contributed by atoms with E-state index in [-0.39, 0.29) is 5.91 Å². The molecule has 1 N–H and O–H groups in total. The lowest BCUT2D eigenvalue weighted by Gasteiger charge is -2.23. The SMILES string of the molecule is COC[C@@H](O)CN1CCCN(C(=O)c2ccc(OC)cc2)CC1. The highest BCUT2D eigenvalue weighted by Crippen LogP contribution is 2.14. The van der Waals surface area contributed by atoms with Crippen molar-refractivity contribution >= 4 is 5.91 Å². The van der Waals surface area contributed by atoms with Gasteiger partial charge in [-0.3, -0.25) is 9.69 Å². The maximum absolute atomic E-state index is 12.6. The first-order valence-electron chi connectivity index (χ1n) is 7.96. The maximum Gasteiger partial charge on any atom is 0.253 e. The highest BCUT2D eigenvalue weighted by molar-refractivity contribution is 5.94. The molecular formula is C17H26N2O4. The molecule has 1 atom stereocenters. The van der Waals surface area contributed by atoms with E-state index in [1.807, 2.05) is 4.90 Å². The summed E-state index contributed by atoms with van der Waals surface area (Å²) in [6, 6.07) is 7.20. The van der Waals surface area contributed by atoms with Gasteiger partial charge in [0.05, 0.1) is 19.8 Å². The van der Waals surface area contributed by atoms with Crippen LogP contribution in [0.4, 0.5) is 0 Å². The third kappa shape index (κ3) is 5.20. The topological polar surface area (TPSA) is 62.2 Å². The minimum Gasteiger partial charge on any atom is -0.497 e. The van der Waals surface area contributed by atoms with Crippen LogP contribution >= 0.6 is 0 Å². The van der Waals surface area contributed by atoms with Crippen molar-refractivity contribution in [2.45, 2.75) is 12.5 Å². The molecule has 0 radical (unpaired) electrons. The van der Waals surface area contributed by atoms with E-state index in [2.05, 4.69) is 4.90 Å². The number of rotatable bonds is 6. The van der Waals surface area contributed by atoms with E-state index in [4.69, 9.17) is 9.47 Å². The summed E-state index contributed by atoms with van der Waals surface area (Å²) >= 11 is 0. The van der Waals surface area contributed by atoms with Gasteiger partial charge in [-0.25, -0.2) is 0 Å². The molecule has 6 nitrogen and oxygen atoms in total. The van der Waals surface area contributed by atoms with Crippen LogP contribution in [0.2, 0.25) is 0 Å². The summed E-state index contributed by atoms with van der Waals surface area (Å²) in [5.74, 6) is 0.794. The van der Waals surface area contributed by atoms with E-state index >= 15 is 0 Å². The van der Waals surface area contributed by atoms with E-state index in [9.17, 15) is 9.90 Å². The molecule has 0 spiro atoms. The molecule has 1 aliphatic rings. The lowest BCUT2D eigenvalue weighted by atomic mass is 10.2. The molecule has 0 bridgehead atoms. The molecule has 0 unspecified atom stereocenters. The van der Waals surface area contributed by atoms with E-state index in [1.165, 1.54) is 0 Å². The Balaban J connectivity index is 1.90. The molecule has 1 amide bonds. The molecule has 1 saturated heterocycles. The first-order chi connectivity index (χ1) is 11.1. The number of ether oxygens (including phenoxy) is 2. The molecule has 1 aromatic rings. The lowest BCUT2D eigenvalue weighted by molar-refractivity contribution is 0.0384. The van der Waals surface area contributed by atoms with Crippen LogP contribution in [-0.4, -0.2) is 80.5 Å². The maximum atomic E-state index is 12.6. The van der Waals surface area contributed by atoms with Crippen molar-refractivity contribution in [2.75, 3.05) is 53.6 Å². The Kier molecular flexibility index (Phi) is 6.83. The van der Waals surface area contributed by atoms with Crippen LogP contribution in [0.5, 0.6) is 5.75 Å². The smallest absolute Gasteiger partial charge is 0.253 e. The van der Waals surface area contributed by atoms with Gasteiger partial charge >= 0.3 is 0 Å². The highest BCUT2D eigenvalue weighted by atomic mass is 16.5. The van der Waals surface area contributed by atoms with E-state index in [0.29, 0.717) is 25.3 Å². The van der Waals surface area contributed by atoms with Gasteiger partial charge in [0.1, 0.15) is 5.75 Å². The van der Waals surface area contributed by atoms with Crippen molar-refractivity contribution < 1.29 is 19.4 Å². The zero-order valence-electron chi connectivity index (χ0n) is 13.9. The van der Waals surface area contributed by atoms with Gasteiger partial charge in [0.15, 0.2) is 0 Å². The summed E-state index contributed by atoms with van der Waals surface area (Å²) in [7, 11) is 3.19. The first-order valence-corrected chi connectivity index (χ1v) is 7.96. The molecule has 1 aliphatic heterocycles. The number of aliphatic hydroxyl groups excluding tert-OH is 1. The van der Waals surface area contributed by atoms with Gasteiger partial charge < -0.3 is 19.5 Å². The Hall–Kier alpha value is -1.63. The summed E-state index contributed by atoms with van der Waals surface area (Å²) < 4.78 is 10.1. The van der Waals surface area contributed by atoms with E-state index in [0.717, 1.165) is 31.8 Å². The van der Waals surface area contributed by atoms with Gasteiger partial charge in [-0.1, -0.05) is 0 Å². The number of carbonyl (C=O) groups is 1. The number of amides is 1. The normalized spacial score (nSPS) is 17.6. The van der Waals surface area contributed by atoms with Crippen LogP contribution in [0.15, 0.2) is 24.3 Å². The Morgan fingerprint density at radius 2 is 1.91 bits per heavy atom. The Morgan fingerprint density at radius 3 is 2.57 bits per heavy atom. The van der Waals surface area contributed by atoms with Gasteiger partial charge in [-0.05, 0) is 37.2 Å². The fourth-order valence-corrected chi connectivity index (χ4v) is 2.82. The lowest BCUT2D eigenvalue weighted by Crippen LogP contribution is -2.38. The number of carbonyl (C=O) groups excluding carboxylic acids is 1. The predicted octanol–water partition coefficient (Wildman–Crippen LogP) is 0.850. The third-order valence-electron chi connectivity index (χ3n) is 4.04. The molecular weight excluding hydrogens is 296 g/mol. The second-order valence-corrected chi connectivity index (χ2v) is 5.78. The predicted molar refractivity (Wildman–Crippen MR) is 87.8 cm³/mol. The average molecular weight is 322 g/mol. The summed E-state index contributed by atoms with van der Waals surface area (Å²) in [6.45, 7) is 3.98. The molecule has 0 aromatic heterocycles. The zero-order chi connectivity index (χ0) is 16.7. The summed E-state index contributed by atoms with van der Waals surface area (Å²) in [6.07, 6.45) is 0.422. The molecule has 2 rings (SSSR count). The molecule has 0 saturated carbocycles. The number of nitrogens with zero attached hydrogens (tertiary/aromatic N) is 2. The molecule has 1 heterocycles. The quantitative estimate of drug-likeness (QED) is 0.841. The summed E-state index contributed by atoms with van der Waals surface area (Å²) in [4.78, 5) is 16.6. The molecule has 6 heteroatoms. The fourth-order valence-electron chi connectivity index (χ4n) is 2.82. The number of hydrogen-bond acceptors (Lipinski definition) is 5. The minimum atomic E-state index is -0.483. The largest absolute Gasteiger partial charge is 0.497 e. The van der Waals surface area contributed by atoms with Crippen molar-refractivity contribution in [2.24, 2.45) is 0 Å². The van der Waals surface area contributed by atoms with Crippen molar-refractivity contribution in [3.8, 4) is 5.75 Å². The Bertz CT molecular complexity index is 492. The molecule has 128 valence electrons. The number of aliphatic hydroxyl groups is 1. The van der Waals surface area contributed by atoms with Gasteiger partial charge in [0.25, 0.3) is 5.91 Å². The highest BCUT2D eigenvalue weighted by Gasteiger charge is 2.21. The molecule has 1 fully saturated rings. The number of β-amino-alcohol motifs (C(OH)–C–C–N with tert-alkyl or cyclic N) is 1. The number of methoxy groups -OCH3 is 2. The summed E-state index contributed by atoms with van der Waals surface area (Å²) in [5.41, 5.74) is 0.679. The molecule has 1 aromatic carbocycles. The zero-order valence-corrected chi connectivity index (χ0v) is 13.9. The second kappa shape index (κ2) is 8.86. The van der Waals surface area contributed by atoms with Gasteiger partial charge in [-0.15, -0.1) is 0 Å². The summed E-state index contributed by atoms with van der Waals surface area (Å²) in [5, 5.41) is 9.84. The van der Waals surface area contributed by atoms with Crippen molar-refractivity contribution in [3.63, 3.8) is 0 Å². The van der Waals surface area contributed by atoms with Crippen molar-refractivity contribution in [1.82, 2.24) is 9.80 Å². The van der Waals surface area contributed by atoms with Gasteiger partial charge in [0.2, 0.25) is 0 Å². The van der Waals surface area contributed by atoms with Crippen molar-refractivity contribution in [3.05, 3.63) is 29.8 Å². The Morgan fingerprint density at radius 1 is 1.17 bits per heavy atom. The van der Waals surface area contributed by atoms with Crippen LogP contribution < -0.4 is 4.74 Å². The van der Waals surface area contributed by atoms with Crippen LogP contribution in [-0.2, 0) is 4.74 Å². The second-order valence-electron chi connectivity index (χ2n) is 5.78. The fraction of sp³-hybridized carbons (Fsp3) is 0.588. The van der Waals surface area contributed by atoms with Crippen LogP contribution in [0.3, 0.4) is 0 Å². The molecule has 0 aliphatic carbocycles. The standard InChI is InChI=1S/C17H26N2O4/c1-22-13-15(20)12-18-8-3-9-19(11-10-18)17(21)14-4-6-16(23-2)7-5-14/h4-7,15,20H,3,8-13H2,1-2H3/t15-/m0/s1. The van der Waals surface area contributed by atoms with Crippen molar-refractivity contribution in [1.29, 1.82) is 0 Å². The minimum absolute atomic E-state index is 0.0481. The van der Waals surface area contributed by atoms with Crippen LogP contribution in [0.25, 0.3) is 0 Å². The number of benzene rings is 1. The Labute approximate surface area is 137 Å². The first kappa shape index (κ1) is 17.7. The molecule has 23 heavy (non-hydrogen) atoms. The van der Waals surface area contributed by atoms with Gasteiger partial charge in [-0.2, -0.15) is 0 Å². The van der Waals surface area contributed by atoms with Crippen LogP contribution in [0.1, 0.15) is 16.8 Å². The van der Waals surface area contributed by atoms with E-state index in [1.54, 1.807) is 38.5 Å². The third-order valence-corrected chi connectivity index (χ3v) is 4.04. The van der Waals surface area contributed by atoms with E-state index < -0.39 is 6.10 Å². The monoisotopic (exact) mass is 322 g/mol. The number of hydrogen-bond donors (Lipinski definition) is 1. The van der Waals surface area contributed by atoms with Crippen LogP contribution in [0, 0.1) is 0 Å². The average Bonchev–Trinajstić information content (AvgIpc) is 2.80. The van der Waals surface area contributed by atoms with Gasteiger partial charge in [0, 0.05) is 38.9 Å².